The summed E-state index contributed by atoms with van der Waals surface area (Å²) in [6.45, 7) is 5.70. The van der Waals surface area contributed by atoms with Gasteiger partial charge in [0.25, 0.3) is 0 Å². The first kappa shape index (κ1) is 14.0. The molecule has 0 amide bonds. The zero-order valence-corrected chi connectivity index (χ0v) is 11.3. The zero-order chi connectivity index (χ0) is 13.1. The number of nitrogens with two attached hydrogens (primary N) is 1. The molecule has 1 rings (SSSR count). The van der Waals surface area contributed by atoms with Gasteiger partial charge in [0.15, 0.2) is 0 Å². The summed E-state index contributed by atoms with van der Waals surface area (Å²) in [5.74, 6) is 0. The Bertz CT molecular complexity index is 483. The Morgan fingerprint density at radius 1 is 1.35 bits per heavy atom. The second-order valence-corrected chi connectivity index (χ2v) is 5.83. The van der Waals surface area contributed by atoms with Crippen LogP contribution in [0.5, 0.6) is 0 Å². The lowest BCUT2D eigenvalue weighted by Gasteiger charge is -2.15. The Morgan fingerprint density at radius 2 is 2.00 bits per heavy atom. The first-order valence-corrected chi connectivity index (χ1v) is 7.29. The van der Waals surface area contributed by atoms with Crippen LogP contribution >= 0.6 is 0 Å². The standard InChI is InChI=1S/C12H20N2O2S/c1-4-9(3)14-17(15,16)12-8-11(13)7-6-10(12)5-2/h6-9,14H,4-5,13H2,1-3H3. The van der Waals surface area contributed by atoms with Gasteiger partial charge in [-0.25, -0.2) is 13.1 Å². The first-order chi connectivity index (χ1) is 7.90. The van der Waals surface area contributed by atoms with E-state index in [4.69, 9.17) is 5.73 Å². The summed E-state index contributed by atoms with van der Waals surface area (Å²) < 4.78 is 27.0. The van der Waals surface area contributed by atoms with Crippen LogP contribution < -0.4 is 10.5 Å². The predicted molar refractivity (Wildman–Crippen MR) is 70.3 cm³/mol. The molecule has 1 aromatic carbocycles. The molecule has 0 saturated heterocycles. The van der Waals surface area contributed by atoms with Gasteiger partial charge in [-0.1, -0.05) is 19.9 Å². The zero-order valence-electron chi connectivity index (χ0n) is 10.5. The van der Waals surface area contributed by atoms with Gasteiger partial charge in [0.1, 0.15) is 0 Å². The summed E-state index contributed by atoms with van der Waals surface area (Å²) in [5.41, 5.74) is 6.90. The van der Waals surface area contributed by atoms with Crippen LogP contribution in [0.1, 0.15) is 32.8 Å². The summed E-state index contributed by atoms with van der Waals surface area (Å²) in [6.07, 6.45) is 1.42. The van der Waals surface area contributed by atoms with Crippen LogP contribution in [0, 0.1) is 0 Å². The fourth-order valence-corrected chi connectivity index (χ4v) is 3.20. The number of hydrogen-bond acceptors (Lipinski definition) is 3. The fraction of sp³-hybridized carbons (Fsp3) is 0.500. The number of rotatable bonds is 5. The largest absolute Gasteiger partial charge is 0.399 e. The Hall–Kier alpha value is -1.07. The van der Waals surface area contributed by atoms with Gasteiger partial charge in [0.2, 0.25) is 10.0 Å². The van der Waals surface area contributed by atoms with Gasteiger partial charge in [0, 0.05) is 11.7 Å². The highest BCUT2D eigenvalue weighted by Gasteiger charge is 2.19. The maximum atomic E-state index is 12.2. The summed E-state index contributed by atoms with van der Waals surface area (Å²) in [7, 11) is -3.47. The smallest absolute Gasteiger partial charge is 0.241 e. The van der Waals surface area contributed by atoms with Crippen molar-refractivity contribution in [1.29, 1.82) is 0 Å². The fourth-order valence-electron chi connectivity index (χ4n) is 1.53. The van der Waals surface area contributed by atoms with E-state index in [1.54, 1.807) is 12.1 Å². The second kappa shape index (κ2) is 5.51. The van der Waals surface area contributed by atoms with E-state index < -0.39 is 10.0 Å². The molecule has 0 spiro atoms. The third kappa shape index (κ3) is 3.44. The van der Waals surface area contributed by atoms with Crippen LogP contribution in [0.25, 0.3) is 0 Å². The molecule has 1 unspecified atom stereocenters. The van der Waals surface area contributed by atoms with Crippen molar-refractivity contribution < 1.29 is 8.42 Å². The SMILES string of the molecule is CCc1ccc(N)cc1S(=O)(=O)NC(C)CC. The van der Waals surface area contributed by atoms with E-state index in [1.807, 2.05) is 20.8 Å². The topological polar surface area (TPSA) is 72.2 Å². The van der Waals surface area contributed by atoms with Crippen LogP contribution in [0.4, 0.5) is 5.69 Å². The third-order valence-corrected chi connectivity index (χ3v) is 4.40. The first-order valence-electron chi connectivity index (χ1n) is 5.81. The Labute approximate surface area is 103 Å². The van der Waals surface area contributed by atoms with Crippen molar-refractivity contribution in [3.8, 4) is 0 Å². The van der Waals surface area contributed by atoms with Gasteiger partial charge >= 0.3 is 0 Å². The molecule has 0 bridgehead atoms. The normalized spacial score (nSPS) is 13.6. The molecule has 0 aliphatic carbocycles. The monoisotopic (exact) mass is 256 g/mol. The van der Waals surface area contributed by atoms with Crippen LogP contribution in [-0.2, 0) is 16.4 Å². The molecule has 0 aromatic heterocycles. The van der Waals surface area contributed by atoms with Crippen LogP contribution in [0.3, 0.4) is 0 Å². The lowest BCUT2D eigenvalue weighted by atomic mass is 10.1. The minimum absolute atomic E-state index is 0.0777. The van der Waals surface area contributed by atoms with E-state index in [1.165, 1.54) is 6.07 Å². The van der Waals surface area contributed by atoms with Crippen molar-refractivity contribution in [2.45, 2.75) is 44.6 Å². The molecule has 0 heterocycles. The van der Waals surface area contributed by atoms with Gasteiger partial charge in [-0.3, -0.25) is 0 Å². The Balaban J connectivity index is 3.18. The van der Waals surface area contributed by atoms with Crippen molar-refractivity contribution in [1.82, 2.24) is 4.72 Å². The molecule has 17 heavy (non-hydrogen) atoms. The van der Waals surface area contributed by atoms with Crippen LogP contribution in [-0.4, -0.2) is 14.5 Å². The Kier molecular flexibility index (Phi) is 4.54. The van der Waals surface area contributed by atoms with Crippen molar-refractivity contribution >= 4 is 15.7 Å². The maximum absolute atomic E-state index is 12.2. The molecular formula is C12H20N2O2S. The van der Waals surface area contributed by atoms with Gasteiger partial charge in [-0.2, -0.15) is 0 Å². The second-order valence-electron chi connectivity index (χ2n) is 4.15. The van der Waals surface area contributed by atoms with E-state index in [9.17, 15) is 8.42 Å². The van der Waals surface area contributed by atoms with Gasteiger partial charge < -0.3 is 5.73 Å². The molecule has 96 valence electrons. The third-order valence-electron chi connectivity index (χ3n) is 2.73. The number of anilines is 1. The van der Waals surface area contributed by atoms with Crippen molar-refractivity contribution in [2.24, 2.45) is 0 Å². The molecular weight excluding hydrogens is 236 g/mol. The highest BCUT2D eigenvalue weighted by Crippen LogP contribution is 2.20. The van der Waals surface area contributed by atoms with Gasteiger partial charge in [-0.15, -0.1) is 0 Å². The number of nitrogens with one attached hydrogen (secondary N) is 1. The van der Waals surface area contributed by atoms with E-state index in [-0.39, 0.29) is 6.04 Å². The van der Waals surface area contributed by atoms with Crippen molar-refractivity contribution in [3.63, 3.8) is 0 Å². The van der Waals surface area contributed by atoms with Crippen molar-refractivity contribution in [2.75, 3.05) is 5.73 Å². The number of benzene rings is 1. The van der Waals surface area contributed by atoms with E-state index in [2.05, 4.69) is 4.72 Å². The summed E-state index contributed by atoms with van der Waals surface area (Å²) in [5, 5.41) is 0. The summed E-state index contributed by atoms with van der Waals surface area (Å²) in [6, 6.07) is 4.93. The molecule has 0 saturated carbocycles. The molecule has 0 aliphatic heterocycles. The number of aryl methyl sites for hydroxylation is 1. The van der Waals surface area contributed by atoms with Crippen LogP contribution in [0.2, 0.25) is 0 Å². The highest BCUT2D eigenvalue weighted by molar-refractivity contribution is 7.89. The lowest BCUT2D eigenvalue weighted by molar-refractivity contribution is 0.555. The van der Waals surface area contributed by atoms with E-state index >= 15 is 0 Å². The quantitative estimate of drug-likeness (QED) is 0.790. The number of nitrogen functional groups attached to an aromatic ring is 1. The molecule has 1 aromatic rings. The van der Waals surface area contributed by atoms with Crippen LogP contribution in [0.15, 0.2) is 23.1 Å². The molecule has 0 fully saturated rings. The Morgan fingerprint density at radius 3 is 2.53 bits per heavy atom. The maximum Gasteiger partial charge on any atom is 0.241 e. The highest BCUT2D eigenvalue weighted by atomic mass is 32.2. The number of hydrogen-bond donors (Lipinski definition) is 2. The predicted octanol–water partition coefficient (Wildman–Crippen LogP) is 1.91. The average molecular weight is 256 g/mol. The molecule has 3 N–H and O–H groups in total. The van der Waals surface area contributed by atoms with Crippen molar-refractivity contribution in [3.05, 3.63) is 23.8 Å². The molecule has 4 nitrogen and oxygen atoms in total. The van der Waals surface area contributed by atoms with E-state index in [0.717, 1.165) is 12.0 Å². The minimum atomic E-state index is -3.47. The average Bonchev–Trinajstić information content (AvgIpc) is 2.28. The molecule has 5 heteroatoms. The summed E-state index contributed by atoms with van der Waals surface area (Å²) >= 11 is 0. The molecule has 0 aliphatic rings. The van der Waals surface area contributed by atoms with Gasteiger partial charge in [-0.05, 0) is 37.5 Å². The number of sulfonamides is 1. The molecule has 1 atom stereocenters. The van der Waals surface area contributed by atoms with Gasteiger partial charge in [0.05, 0.1) is 4.90 Å². The molecule has 0 radical (unpaired) electrons. The minimum Gasteiger partial charge on any atom is -0.399 e. The summed E-state index contributed by atoms with van der Waals surface area (Å²) in [4.78, 5) is 0.292. The van der Waals surface area contributed by atoms with E-state index in [0.29, 0.717) is 17.0 Å². The lowest BCUT2D eigenvalue weighted by Crippen LogP contribution is -2.32.